The van der Waals surface area contributed by atoms with Crippen molar-refractivity contribution in [2.45, 2.75) is 0 Å². The molecular formula is C14H10F4N2O. The summed E-state index contributed by atoms with van der Waals surface area (Å²) in [6.07, 6.45) is 0. The van der Waals surface area contributed by atoms with Crippen LogP contribution < -0.4 is 10.6 Å². The van der Waals surface area contributed by atoms with E-state index >= 15 is 0 Å². The Morgan fingerprint density at radius 3 is 2.29 bits per heavy atom. The average Bonchev–Trinajstić information content (AvgIpc) is 2.46. The van der Waals surface area contributed by atoms with Gasteiger partial charge in [0.05, 0.1) is 17.9 Å². The fourth-order valence-electron chi connectivity index (χ4n) is 1.59. The number of nitrogens with one attached hydrogen (secondary N) is 2. The molecule has 0 fully saturated rings. The smallest absolute Gasteiger partial charge is 0.243 e. The molecule has 0 aliphatic carbocycles. The molecule has 3 nitrogen and oxygen atoms in total. The van der Waals surface area contributed by atoms with Crippen LogP contribution in [0.3, 0.4) is 0 Å². The van der Waals surface area contributed by atoms with Crippen LogP contribution in [0.15, 0.2) is 36.4 Å². The van der Waals surface area contributed by atoms with E-state index in [-0.39, 0.29) is 11.4 Å². The van der Waals surface area contributed by atoms with Gasteiger partial charge in [0.15, 0.2) is 17.5 Å². The lowest BCUT2D eigenvalue weighted by Gasteiger charge is -2.09. The molecule has 2 rings (SSSR count). The van der Waals surface area contributed by atoms with E-state index in [4.69, 9.17) is 0 Å². The van der Waals surface area contributed by atoms with Gasteiger partial charge in [-0.05, 0) is 24.3 Å². The van der Waals surface area contributed by atoms with E-state index in [2.05, 4.69) is 10.6 Å². The van der Waals surface area contributed by atoms with Gasteiger partial charge in [-0.1, -0.05) is 12.1 Å². The van der Waals surface area contributed by atoms with Crippen LogP contribution in [-0.4, -0.2) is 12.5 Å². The van der Waals surface area contributed by atoms with Crippen LogP contribution in [0.25, 0.3) is 0 Å². The van der Waals surface area contributed by atoms with Gasteiger partial charge >= 0.3 is 0 Å². The first-order valence-corrected chi connectivity index (χ1v) is 5.91. The number of anilines is 2. The second kappa shape index (κ2) is 6.25. The molecular weight excluding hydrogens is 288 g/mol. The van der Waals surface area contributed by atoms with E-state index in [1.165, 1.54) is 18.2 Å². The van der Waals surface area contributed by atoms with Crippen LogP contribution in [0.5, 0.6) is 0 Å². The van der Waals surface area contributed by atoms with Gasteiger partial charge in [0.1, 0.15) is 5.82 Å². The molecule has 0 radical (unpaired) electrons. The number of halogens is 4. The van der Waals surface area contributed by atoms with Gasteiger partial charge in [0, 0.05) is 0 Å². The van der Waals surface area contributed by atoms with Gasteiger partial charge in [-0.25, -0.2) is 17.6 Å². The molecule has 110 valence electrons. The molecule has 0 unspecified atom stereocenters. The maximum absolute atomic E-state index is 13.3. The lowest BCUT2D eigenvalue weighted by molar-refractivity contribution is -0.114. The van der Waals surface area contributed by atoms with Gasteiger partial charge < -0.3 is 10.6 Å². The summed E-state index contributed by atoms with van der Waals surface area (Å²) in [4.78, 5) is 11.6. The zero-order valence-electron chi connectivity index (χ0n) is 10.6. The van der Waals surface area contributed by atoms with E-state index in [9.17, 15) is 22.4 Å². The summed E-state index contributed by atoms with van der Waals surface area (Å²) in [6, 6.07) is 7.20. The second-order valence-corrected chi connectivity index (χ2v) is 4.10. The number of benzene rings is 2. The SMILES string of the molecule is O=C(CNc1ccc(F)c(F)c1F)Nc1ccccc1F. The Labute approximate surface area is 117 Å². The van der Waals surface area contributed by atoms with Crippen molar-refractivity contribution in [1.29, 1.82) is 0 Å². The minimum Gasteiger partial charge on any atom is -0.374 e. The first-order valence-electron chi connectivity index (χ1n) is 5.91. The Balaban J connectivity index is 1.99. The van der Waals surface area contributed by atoms with Crippen molar-refractivity contribution in [3.05, 3.63) is 59.7 Å². The van der Waals surface area contributed by atoms with Crippen molar-refractivity contribution in [2.75, 3.05) is 17.2 Å². The number of hydrogen-bond donors (Lipinski definition) is 2. The first-order chi connectivity index (χ1) is 9.99. The molecule has 0 spiro atoms. The Hall–Kier alpha value is -2.57. The molecule has 7 heteroatoms. The largest absolute Gasteiger partial charge is 0.374 e. The molecule has 2 aromatic rings. The molecule has 1 amide bonds. The summed E-state index contributed by atoms with van der Waals surface area (Å²) >= 11 is 0. The highest BCUT2D eigenvalue weighted by atomic mass is 19.2. The summed E-state index contributed by atoms with van der Waals surface area (Å²) in [5, 5.41) is 4.56. The fourth-order valence-corrected chi connectivity index (χ4v) is 1.59. The normalized spacial score (nSPS) is 10.3. The van der Waals surface area contributed by atoms with Crippen molar-refractivity contribution < 1.29 is 22.4 Å². The van der Waals surface area contributed by atoms with Gasteiger partial charge in [-0.2, -0.15) is 0 Å². The fraction of sp³-hybridized carbons (Fsp3) is 0.0714. The highest BCUT2D eigenvalue weighted by molar-refractivity contribution is 5.93. The lowest BCUT2D eigenvalue weighted by Crippen LogP contribution is -2.22. The van der Waals surface area contributed by atoms with E-state index < -0.39 is 35.7 Å². The van der Waals surface area contributed by atoms with Gasteiger partial charge in [-0.3, -0.25) is 4.79 Å². The van der Waals surface area contributed by atoms with E-state index in [0.717, 1.165) is 18.2 Å². The van der Waals surface area contributed by atoms with Crippen LogP contribution in [0.4, 0.5) is 28.9 Å². The molecule has 21 heavy (non-hydrogen) atoms. The predicted molar refractivity (Wildman–Crippen MR) is 69.8 cm³/mol. The van der Waals surface area contributed by atoms with Gasteiger partial charge in [-0.15, -0.1) is 0 Å². The van der Waals surface area contributed by atoms with Crippen molar-refractivity contribution in [3.8, 4) is 0 Å². The van der Waals surface area contributed by atoms with Crippen LogP contribution in [0, 0.1) is 23.3 Å². The monoisotopic (exact) mass is 298 g/mol. The summed E-state index contributed by atoms with van der Waals surface area (Å²) in [5.41, 5.74) is -0.396. The Morgan fingerprint density at radius 1 is 0.857 bits per heavy atom. The van der Waals surface area contributed by atoms with E-state index in [1.807, 2.05) is 0 Å². The molecule has 2 aromatic carbocycles. The highest BCUT2D eigenvalue weighted by Gasteiger charge is 2.14. The average molecular weight is 298 g/mol. The summed E-state index contributed by atoms with van der Waals surface area (Å²) < 4.78 is 52.3. The van der Waals surface area contributed by atoms with E-state index in [0.29, 0.717) is 0 Å². The van der Waals surface area contributed by atoms with Crippen molar-refractivity contribution in [1.82, 2.24) is 0 Å². The number of carbonyl (C=O) groups is 1. The van der Waals surface area contributed by atoms with Gasteiger partial charge in [0.2, 0.25) is 5.91 Å². The second-order valence-electron chi connectivity index (χ2n) is 4.10. The highest BCUT2D eigenvalue weighted by Crippen LogP contribution is 2.19. The quantitative estimate of drug-likeness (QED) is 0.672. The number of para-hydroxylation sites is 1. The van der Waals surface area contributed by atoms with Gasteiger partial charge in [0.25, 0.3) is 0 Å². The Morgan fingerprint density at radius 2 is 1.57 bits per heavy atom. The zero-order chi connectivity index (χ0) is 15.4. The summed E-state index contributed by atoms with van der Waals surface area (Å²) in [5.74, 6) is -5.66. The molecule has 2 N–H and O–H groups in total. The lowest BCUT2D eigenvalue weighted by atomic mass is 10.2. The third-order valence-corrected chi connectivity index (χ3v) is 2.62. The van der Waals surface area contributed by atoms with Crippen LogP contribution >= 0.6 is 0 Å². The topological polar surface area (TPSA) is 41.1 Å². The molecule has 0 saturated heterocycles. The molecule has 0 aromatic heterocycles. The maximum Gasteiger partial charge on any atom is 0.243 e. The standard InChI is InChI=1S/C14H10F4N2O/c15-8-3-1-2-4-10(8)20-12(21)7-19-11-6-5-9(16)13(17)14(11)18/h1-6,19H,7H2,(H,20,21). The predicted octanol–water partition coefficient (Wildman–Crippen LogP) is 3.29. The summed E-state index contributed by atoms with van der Waals surface area (Å²) in [7, 11) is 0. The number of carbonyl (C=O) groups excluding carboxylic acids is 1. The first kappa shape index (κ1) is 14.8. The molecule has 0 atom stereocenters. The Kier molecular flexibility index (Phi) is 4.42. The van der Waals surface area contributed by atoms with Crippen LogP contribution in [0.2, 0.25) is 0 Å². The number of hydrogen-bond acceptors (Lipinski definition) is 2. The third-order valence-electron chi connectivity index (χ3n) is 2.62. The molecule has 0 bridgehead atoms. The molecule has 0 heterocycles. The molecule has 0 saturated carbocycles. The van der Waals surface area contributed by atoms with Crippen molar-refractivity contribution >= 4 is 17.3 Å². The third kappa shape index (κ3) is 3.50. The van der Waals surface area contributed by atoms with Crippen molar-refractivity contribution in [2.24, 2.45) is 0 Å². The molecule has 0 aliphatic rings. The van der Waals surface area contributed by atoms with E-state index in [1.54, 1.807) is 0 Å². The maximum atomic E-state index is 13.3. The zero-order valence-corrected chi connectivity index (χ0v) is 10.6. The number of amides is 1. The van der Waals surface area contributed by atoms with Crippen molar-refractivity contribution in [3.63, 3.8) is 0 Å². The molecule has 0 aliphatic heterocycles. The summed E-state index contributed by atoms with van der Waals surface area (Å²) in [6.45, 7) is -0.434. The van der Waals surface area contributed by atoms with Crippen LogP contribution in [0.1, 0.15) is 0 Å². The minimum absolute atomic E-state index is 0.0324. The Bertz CT molecular complexity index is 676. The number of rotatable bonds is 4. The van der Waals surface area contributed by atoms with Crippen LogP contribution in [-0.2, 0) is 4.79 Å². The minimum atomic E-state index is -1.63.